The number of carbonyl (C=O) groups is 1. The van der Waals surface area contributed by atoms with Gasteiger partial charge in [-0.05, 0) is 70.6 Å². The van der Waals surface area contributed by atoms with E-state index in [1.165, 1.54) is 11.1 Å². The fraction of sp³-hybridized carbons (Fsp3) is 0.476. The van der Waals surface area contributed by atoms with Crippen LogP contribution < -0.4 is 10.5 Å². The van der Waals surface area contributed by atoms with Crippen molar-refractivity contribution < 1.29 is 9.53 Å². The second-order valence-electron chi connectivity index (χ2n) is 6.76. The number of rotatable bonds is 10. The smallest absolute Gasteiger partial charge is 0.248 e. The summed E-state index contributed by atoms with van der Waals surface area (Å²) >= 11 is 0. The number of hydrogen-bond acceptors (Lipinski definition) is 2. The average Bonchev–Trinajstić information content (AvgIpc) is 2.53. The minimum Gasteiger partial charge on any atom is -0.493 e. The van der Waals surface area contributed by atoms with Crippen molar-refractivity contribution in [1.82, 2.24) is 0 Å². The summed E-state index contributed by atoms with van der Waals surface area (Å²) in [6, 6.07) is 7.04. The lowest BCUT2D eigenvalue weighted by molar-refractivity contribution is 0.0999. The topological polar surface area (TPSA) is 52.3 Å². The Morgan fingerprint density at radius 1 is 1.21 bits per heavy atom. The molecule has 0 saturated carbocycles. The van der Waals surface area contributed by atoms with Crippen LogP contribution in [0.2, 0.25) is 0 Å². The number of carbonyl (C=O) groups excluding carboxylic acids is 1. The number of nitrogens with two attached hydrogens (primary N) is 1. The normalized spacial score (nSPS) is 12.6. The van der Waals surface area contributed by atoms with Crippen LogP contribution >= 0.6 is 0 Å². The van der Waals surface area contributed by atoms with Gasteiger partial charge in [-0.3, -0.25) is 4.79 Å². The lowest BCUT2D eigenvalue weighted by Crippen LogP contribution is -2.12. The van der Waals surface area contributed by atoms with Crippen LogP contribution in [0.5, 0.6) is 5.75 Å². The molecule has 0 radical (unpaired) electrons. The maximum atomic E-state index is 11.2. The summed E-state index contributed by atoms with van der Waals surface area (Å²) in [5.41, 5.74) is 8.60. The Morgan fingerprint density at radius 3 is 2.62 bits per heavy atom. The summed E-state index contributed by atoms with van der Waals surface area (Å²) in [6.07, 6.45) is 9.05. The average molecular weight is 329 g/mol. The zero-order chi connectivity index (χ0) is 17.9. The van der Waals surface area contributed by atoms with E-state index in [4.69, 9.17) is 10.5 Å². The van der Waals surface area contributed by atoms with Crippen molar-refractivity contribution in [3.63, 3.8) is 0 Å². The maximum Gasteiger partial charge on any atom is 0.248 e. The van der Waals surface area contributed by atoms with Crippen molar-refractivity contribution >= 4 is 5.91 Å². The van der Waals surface area contributed by atoms with E-state index in [9.17, 15) is 4.79 Å². The first kappa shape index (κ1) is 20.0. The molecule has 0 bridgehead atoms. The Balaban J connectivity index is 2.31. The standard InChI is InChI=1S/C21H31NO2/c1-16(2)8-5-9-17(3)10-6-11-18(4)15-24-20-13-7-12-19(14-20)21(22)23/h7-8,10,12-14,18H,5-6,9,11,15H2,1-4H3,(H2,22,23). The largest absolute Gasteiger partial charge is 0.493 e. The van der Waals surface area contributed by atoms with Gasteiger partial charge in [0.25, 0.3) is 0 Å². The molecule has 24 heavy (non-hydrogen) atoms. The number of hydrogen-bond donors (Lipinski definition) is 1. The zero-order valence-corrected chi connectivity index (χ0v) is 15.5. The lowest BCUT2D eigenvalue weighted by Gasteiger charge is -2.13. The molecular formula is C21H31NO2. The van der Waals surface area contributed by atoms with Gasteiger partial charge in [0.2, 0.25) is 5.91 Å². The van der Waals surface area contributed by atoms with Crippen molar-refractivity contribution in [2.45, 2.75) is 53.4 Å². The highest BCUT2D eigenvalue weighted by Crippen LogP contribution is 2.16. The summed E-state index contributed by atoms with van der Waals surface area (Å²) in [5, 5.41) is 0. The summed E-state index contributed by atoms with van der Waals surface area (Å²) < 4.78 is 5.77. The molecule has 0 fully saturated rings. The Kier molecular flexibility index (Phi) is 8.92. The molecule has 1 aromatic rings. The lowest BCUT2D eigenvalue weighted by atomic mass is 10.0. The molecule has 1 aromatic carbocycles. The minimum absolute atomic E-state index is 0.428. The summed E-state index contributed by atoms with van der Waals surface area (Å²) in [6.45, 7) is 9.31. The highest BCUT2D eigenvalue weighted by Gasteiger charge is 2.05. The molecule has 0 saturated heterocycles. The van der Waals surface area contributed by atoms with Crippen LogP contribution in [0.25, 0.3) is 0 Å². The Bertz CT molecular complexity index is 583. The molecule has 3 nitrogen and oxygen atoms in total. The molecule has 0 heterocycles. The molecule has 132 valence electrons. The van der Waals surface area contributed by atoms with E-state index < -0.39 is 5.91 Å². The molecule has 1 rings (SSSR count). The van der Waals surface area contributed by atoms with Crippen molar-refractivity contribution in [2.75, 3.05) is 6.61 Å². The van der Waals surface area contributed by atoms with Gasteiger partial charge in [-0.15, -0.1) is 0 Å². The third-order valence-corrected chi connectivity index (χ3v) is 3.90. The molecule has 3 heteroatoms. The van der Waals surface area contributed by atoms with Crippen molar-refractivity contribution in [3.8, 4) is 5.75 Å². The number of amides is 1. The SMILES string of the molecule is CC(C)=CCCC(C)=CCCC(C)COc1cccc(C(N)=O)c1. The van der Waals surface area contributed by atoms with E-state index in [2.05, 4.69) is 39.8 Å². The van der Waals surface area contributed by atoms with E-state index in [1.807, 2.05) is 6.07 Å². The molecule has 1 amide bonds. The van der Waals surface area contributed by atoms with Crippen LogP contribution in [0, 0.1) is 5.92 Å². The summed E-state index contributed by atoms with van der Waals surface area (Å²) in [4.78, 5) is 11.2. The van der Waals surface area contributed by atoms with Crippen LogP contribution in [-0.4, -0.2) is 12.5 Å². The Labute approximate surface area is 146 Å². The monoisotopic (exact) mass is 329 g/mol. The molecule has 0 aromatic heterocycles. The second-order valence-corrected chi connectivity index (χ2v) is 6.76. The predicted molar refractivity (Wildman–Crippen MR) is 101 cm³/mol. The molecule has 0 aliphatic rings. The van der Waals surface area contributed by atoms with Gasteiger partial charge >= 0.3 is 0 Å². The maximum absolute atomic E-state index is 11.2. The first-order valence-electron chi connectivity index (χ1n) is 8.70. The van der Waals surface area contributed by atoms with Gasteiger partial charge in [-0.1, -0.05) is 36.3 Å². The van der Waals surface area contributed by atoms with Gasteiger partial charge in [-0.2, -0.15) is 0 Å². The molecule has 2 N–H and O–H groups in total. The molecule has 0 spiro atoms. The molecular weight excluding hydrogens is 298 g/mol. The molecule has 1 atom stereocenters. The van der Waals surface area contributed by atoms with Crippen LogP contribution in [0.4, 0.5) is 0 Å². The van der Waals surface area contributed by atoms with E-state index in [0.717, 1.165) is 25.7 Å². The van der Waals surface area contributed by atoms with E-state index in [0.29, 0.717) is 23.8 Å². The van der Waals surface area contributed by atoms with E-state index in [-0.39, 0.29) is 0 Å². The fourth-order valence-corrected chi connectivity index (χ4v) is 2.37. The van der Waals surface area contributed by atoms with Crippen molar-refractivity contribution in [3.05, 3.63) is 53.1 Å². The molecule has 1 unspecified atom stereocenters. The predicted octanol–water partition coefficient (Wildman–Crippen LogP) is 5.27. The first-order valence-corrected chi connectivity index (χ1v) is 8.70. The van der Waals surface area contributed by atoms with Crippen molar-refractivity contribution in [2.24, 2.45) is 11.7 Å². The van der Waals surface area contributed by atoms with Gasteiger partial charge in [0.1, 0.15) is 5.75 Å². The van der Waals surface area contributed by atoms with Gasteiger partial charge in [0, 0.05) is 5.56 Å². The van der Waals surface area contributed by atoms with Crippen molar-refractivity contribution in [1.29, 1.82) is 0 Å². The number of ether oxygens (including phenoxy) is 1. The third kappa shape index (κ3) is 8.56. The van der Waals surface area contributed by atoms with Gasteiger partial charge < -0.3 is 10.5 Å². The highest BCUT2D eigenvalue weighted by molar-refractivity contribution is 5.93. The van der Waals surface area contributed by atoms with E-state index in [1.54, 1.807) is 18.2 Å². The summed E-state index contributed by atoms with van der Waals surface area (Å²) in [5.74, 6) is 0.734. The van der Waals surface area contributed by atoms with Crippen LogP contribution in [-0.2, 0) is 0 Å². The van der Waals surface area contributed by atoms with Crippen LogP contribution in [0.3, 0.4) is 0 Å². The molecule has 0 aliphatic carbocycles. The van der Waals surface area contributed by atoms with Crippen LogP contribution in [0.15, 0.2) is 47.6 Å². The number of allylic oxidation sites excluding steroid dienone is 4. The highest BCUT2D eigenvalue weighted by atomic mass is 16.5. The van der Waals surface area contributed by atoms with Crippen LogP contribution in [0.1, 0.15) is 63.7 Å². The minimum atomic E-state index is -0.428. The zero-order valence-electron chi connectivity index (χ0n) is 15.5. The number of benzene rings is 1. The Morgan fingerprint density at radius 2 is 1.96 bits per heavy atom. The second kappa shape index (κ2) is 10.7. The number of primary amides is 1. The first-order chi connectivity index (χ1) is 11.4. The fourth-order valence-electron chi connectivity index (χ4n) is 2.37. The van der Waals surface area contributed by atoms with Gasteiger partial charge in [0.15, 0.2) is 0 Å². The third-order valence-electron chi connectivity index (χ3n) is 3.90. The Hall–Kier alpha value is -2.03. The van der Waals surface area contributed by atoms with E-state index >= 15 is 0 Å². The van der Waals surface area contributed by atoms with Gasteiger partial charge in [-0.25, -0.2) is 0 Å². The summed E-state index contributed by atoms with van der Waals surface area (Å²) in [7, 11) is 0. The molecule has 0 aliphatic heterocycles. The quantitative estimate of drug-likeness (QED) is 0.594. The van der Waals surface area contributed by atoms with Gasteiger partial charge in [0.05, 0.1) is 6.61 Å².